The first-order chi connectivity index (χ1) is 6.47. The van der Waals surface area contributed by atoms with Crippen molar-refractivity contribution < 1.29 is 42.1 Å². The van der Waals surface area contributed by atoms with Gasteiger partial charge in [-0.1, -0.05) is 0 Å². The zero-order chi connectivity index (χ0) is 12.3. The van der Waals surface area contributed by atoms with Gasteiger partial charge in [0.2, 0.25) is 0 Å². The van der Waals surface area contributed by atoms with E-state index in [4.69, 9.17) is 19.6 Å². The van der Waals surface area contributed by atoms with Crippen LogP contribution in [0.1, 0.15) is 6.92 Å². The van der Waals surface area contributed by atoms with Crippen LogP contribution in [0.4, 0.5) is 0 Å². The molecule has 0 amide bonds. The molecule has 5 N–H and O–H groups in total. The van der Waals surface area contributed by atoms with Crippen LogP contribution < -0.4 is 4.86 Å². The Morgan fingerprint density at radius 3 is 1.93 bits per heavy atom. The molecule has 0 aliphatic carbocycles. The summed E-state index contributed by atoms with van der Waals surface area (Å²) in [6.45, 7) is 1.02. The van der Waals surface area contributed by atoms with Crippen LogP contribution in [0.3, 0.4) is 0 Å². The molecule has 0 bridgehead atoms. The molecule has 0 fully saturated rings. The second-order valence-electron chi connectivity index (χ2n) is 2.13. The van der Waals surface area contributed by atoms with Crippen molar-refractivity contribution in [3.05, 3.63) is 0 Å². The zero-order valence-electron chi connectivity index (χ0n) is 7.38. The summed E-state index contributed by atoms with van der Waals surface area (Å²) in [5.74, 6) is 0. The summed E-state index contributed by atoms with van der Waals surface area (Å²) in [4.78, 5) is 34.8. The van der Waals surface area contributed by atoms with Crippen molar-refractivity contribution in [1.29, 1.82) is 0 Å². The van der Waals surface area contributed by atoms with Crippen LogP contribution in [-0.2, 0) is 22.5 Å². The number of hydrogen-bond acceptors (Lipinski definition) is 5. The van der Waals surface area contributed by atoms with Gasteiger partial charge in [-0.05, 0) is 6.92 Å². The quantitative estimate of drug-likeness (QED) is 0.417. The normalized spacial score (nSPS) is 20.6. The van der Waals surface area contributed by atoms with Crippen LogP contribution in [0, 0.1) is 0 Å². The van der Waals surface area contributed by atoms with E-state index < -0.39 is 23.3 Å². The Kier molecular flexibility index (Phi) is 5.30. The van der Waals surface area contributed by atoms with Crippen molar-refractivity contribution in [3.8, 4) is 0 Å². The van der Waals surface area contributed by atoms with Crippen LogP contribution in [0.25, 0.3) is 0 Å². The SMILES string of the molecule is CCOP(=O)(O)OP(=O)(O)NP(=O)(O)O. The molecule has 10 nitrogen and oxygen atoms in total. The van der Waals surface area contributed by atoms with Crippen LogP contribution in [0.2, 0.25) is 0 Å². The highest BCUT2D eigenvalue weighted by atomic mass is 31.3. The fraction of sp³-hybridized carbons (Fsp3) is 1.00. The van der Waals surface area contributed by atoms with Crippen LogP contribution >= 0.6 is 23.3 Å². The Labute approximate surface area is 84.6 Å². The molecule has 0 radical (unpaired) electrons. The van der Waals surface area contributed by atoms with E-state index in [-0.39, 0.29) is 6.61 Å². The van der Waals surface area contributed by atoms with E-state index in [9.17, 15) is 13.7 Å². The number of phosphoric ester groups is 1. The molecule has 0 saturated heterocycles. The molecular weight excluding hydrogens is 275 g/mol. The lowest BCUT2D eigenvalue weighted by molar-refractivity contribution is 0.203. The molecule has 92 valence electrons. The lowest BCUT2D eigenvalue weighted by atomic mass is 10.9. The van der Waals surface area contributed by atoms with E-state index in [0.717, 1.165) is 4.86 Å². The average molecular weight is 285 g/mol. The maximum atomic E-state index is 10.8. The molecule has 0 aromatic heterocycles. The Morgan fingerprint density at radius 1 is 1.13 bits per heavy atom. The van der Waals surface area contributed by atoms with E-state index in [1.807, 2.05) is 0 Å². The maximum Gasteiger partial charge on any atom is 0.480 e. The van der Waals surface area contributed by atoms with E-state index in [1.54, 1.807) is 0 Å². The first-order valence-corrected chi connectivity index (χ1v) is 8.02. The van der Waals surface area contributed by atoms with Gasteiger partial charge >= 0.3 is 23.3 Å². The number of nitrogens with one attached hydrogen (secondary N) is 1. The van der Waals surface area contributed by atoms with Gasteiger partial charge in [0.15, 0.2) is 0 Å². The summed E-state index contributed by atoms with van der Waals surface area (Å²) in [5, 5.41) is 0. The third-order valence-corrected chi connectivity index (χ3v) is 5.11. The van der Waals surface area contributed by atoms with Crippen molar-refractivity contribution >= 4 is 23.3 Å². The molecule has 15 heavy (non-hydrogen) atoms. The van der Waals surface area contributed by atoms with Gasteiger partial charge in [-0.2, -0.15) is 4.31 Å². The van der Waals surface area contributed by atoms with Gasteiger partial charge in [0.25, 0.3) is 0 Å². The molecule has 2 unspecified atom stereocenters. The second-order valence-corrected chi connectivity index (χ2v) is 6.91. The fourth-order valence-corrected chi connectivity index (χ4v) is 3.93. The van der Waals surface area contributed by atoms with Gasteiger partial charge in [0.1, 0.15) is 0 Å². The number of hydrogen-bond donors (Lipinski definition) is 5. The summed E-state index contributed by atoms with van der Waals surface area (Å²) >= 11 is 0. The second kappa shape index (κ2) is 5.16. The van der Waals surface area contributed by atoms with Gasteiger partial charge in [0, 0.05) is 0 Å². The molecule has 0 aliphatic heterocycles. The van der Waals surface area contributed by atoms with Crippen molar-refractivity contribution in [2.45, 2.75) is 6.92 Å². The average Bonchev–Trinajstić information content (AvgIpc) is 1.74. The first-order valence-electron chi connectivity index (χ1n) is 3.34. The molecule has 0 aliphatic rings. The molecule has 13 heteroatoms. The summed E-state index contributed by atoms with van der Waals surface area (Å²) in [5.41, 5.74) is 0. The predicted octanol–water partition coefficient (Wildman–Crippen LogP) is -0.0774. The summed E-state index contributed by atoms with van der Waals surface area (Å²) in [6.07, 6.45) is 0. The van der Waals surface area contributed by atoms with E-state index >= 15 is 0 Å². The van der Waals surface area contributed by atoms with Gasteiger partial charge in [-0.25, -0.2) is 13.7 Å². The Hall–Kier alpha value is 0.410. The zero-order valence-corrected chi connectivity index (χ0v) is 10.1. The summed E-state index contributed by atoms with van der Waals surface area (Å²) < 4.78 is 39.6. The molecule has 0 aromatic rings. The molecule has 0 aromatic carbocycles. The topological polar surface area (TPSA) is 163 Å². The Bertz CT molecular complexity index is 345. The van der Waals surface area contributed by atoms with Gasteiger partial charge in [-0.3, -0.25) is 4.52 Å². The van der Waals surface area contributed by atoms with Crippen LogP contribution in [0.15, 0.2) is 0 Å². The summed E-state index contributed by atoms with van der Waals surface area (Å²) in [7, 11) is -15.0. The summed E-state index contributed by atoms with van der Waals surface area (Å²) in [6, 6.07) is 0. The Balaban J connectivity index is 4.59. The largest absolute Gasteiger partial charge is 0.480 e. The molecule has 0 rings (SSSR count). The smallest absolute Gasteiger partial charge is 0.312 e. The maximum absolute atomic E-state index is 10.8. The lowest BCUT2D eigenvalue weighted by Gasteiger charge is -2.16. The predicted molar refractivity (Wildman–Crippen MR) is 47.5 cm³/mol. The molecule has 0 saturated carbocycles. The molecular formula is C2H10NO9P3. The third-order valence-electron chi connectivity index (χ3n) is 0.763. The highest BCUT2D eigenvalue weighted by Crippen LogP contribution is 2.60. The van der Waals surface area contributed by atoms with Crippen molar-refractivity contribution in [3.63, 3.8) is 0 Å². The number of phosphoric acid groups is 1. The van der Waals surface area contributed by atoms with Crippen molar-refractivity contribution in [2.75, 3.05) is 6.61 Å². The van der Waals surface area contributed by atoms with E-state index in [2.05, 4.69) is 8.83 Å². The standard InChI is InChI=1S/C2H10NO9P3/c1-2-11-15(9,10)12-14(7,8)3-13(4,5)6/h2H2,1H3,(H,9,10)(H4,3,4,5,6,7,8). The van der Waals surface area contributed by atoms with Crippen LogP contribution in [0.5, 0.6) is 0 Å². The highest BCUT2D eigenvalue weighted by Gasteiger charge is 2.38. The molecule has 0 heterocycles. The van der Waals surface area contributed by atoms with E-state index in [0.29, 0.717) is 0 Å². The minimum absolute atomic E-state index is 0.288. The lowest BCUT2D eigenvalue weighted by Crippen LogP contribution is -2.08. The van der Waals surface area contributed by atoms with Gasteiger partial charge < -0.3 is 19.6 Å². The Morgan fingerprint density at radius 2 is 1.60 bits per heavy atom. The third kappa shape index (κ3) is 8.24. The molecule has 2 atom stereocenters. The monoisotopic (exact) mass is 285 g/mol. The minimum atomic E-state index is -5.12. The van der Waals surface area contributed by atoms with Gasteiger partial charge in [0.05, 0.1) is 6.61 Å². The number of rotatable bonds is 6. The molecule has 0 spiro atoms. The van der Waals surface area contributed by atoms with Crippen molar-refractivity contribution in [1.82, 2.24) is 4.86 Å². The van der Waals surface area contributed by atoms with E-state index in [1.165, 1.54) is 6.92 Å². The van der Waals surface area contributed by atoms with Crippen molar-refractivity contribution in [2.24, 2.45) is 0 Å². The minimum Gasteiger partial charge on any atom is -0.312 e. The highest BCUT2D eigenvalue weighted by molar-refractivity contribution is 7.70. The van der Waals surface area contributed by atoms with Crippen LogP contribution in [-0.4, -0.2) is 26.2 Å². The first kappa shape index (κ1) is 15.4. The fourth-order valence-electron chi connectivity index (χ4n) is 0.509. The van der Waals surface area contributed by atoms with Gasteiger partial charge in [-0.15, -0.1) is 4.86 Å².